The molecule has 0 spiro atoms. The molecule has 0 unspecified atom stereocenters. The minimum atomic E-state index is -0.479. The number of aryl methyl sites for hydroxylation is 1. The fraction of sp³-hybridized carbons (Fsp3) is 0.176. The normalized spacial score (nSPS) is 10.2. The number of carbonyl (C=O) groups is 2. The Bertz CT molecular complexity index is 732. The van der Waals surface area contributed by atoms with Gasteiger partial charge in [0.2, 0.25) is 0 Å². The first-order chi connectivity index (χ1) is 11.0. The first-order valence-corrected chi connectivity index (χ1v) is 7.66. The summed E-state index contributed by atoms with van der Waals surface area (Å²) in [7, 11) is 0. The van der Waals surface area contributed by atoms with Crippen LogP contribution in [0.2, 0.25) is 10.0 Å². The Kier molecular flexibility index (Phi) is 6.02. The standard InChI is InChI=1S/C17H15Cl2NO3/c1-11-4-2-3-5-12(11)8-17(22)23-10-16(21)20-15-9-13(18)6-7-14(15)19/h2-7,9H,8,10H2,1H3,(H,20,21). The van der Waals surface area contributed by atoms with Gasteiger partial charge in [-0.15, -0.1) is 0 Å². The second kappa shape index (κ2) is 7.99. The molecule has 0 heterocycles. The number of amides is 1. The van der Waals surface area contributed by atoms with E-state index in [0.29, 0.717) is 15.7 Å². The fourth-order valence-corrected chi connectivity index (χ4v) is 2.28. The van der Waals surface area contributed by atoms with Crippen LogP contribution in [0.15, 0.2) is 42.5 Å². The summed E-state index contributed by atoms with van der Waals surface area (Å²) in [6, 6.07) is 12.2. The van der Waals surface area contributed by atoms with Crippen LogP contribution >= 0.6 is 23.2 Å². The van der Waals surface area contributed by atoms with Gasteiger partial charge in [0.25, 0.3) is 5.91 Å². The van der Waals surface area contributed by atoms with Crippen molar-refractivity contribution < 1.29 is 14.3 Å². The molecule has 0 saturated carbocycles. The predicted octanol–water partition coefficient (Wildman–Crippen LogP) is 4.03. The van der Waals surface area contributed by atoms with Gasteiger partial charge in [-0.3, -0.25) is 9.59 Å². The van der Waals surface area contributed by atoms with E-state index in [9.17, 15) is 9.59 Å². The lowest BCUT2D eigenvalue weighted by Crippen LogP contribution is -2.22. The number of esters is 1. The molecule has 1 amide bonds. The zero-order valence-corrected chi connectivity index (χ0v) is 13.9. The van der Waals surface area contributed by atoms with Crippen LogP contribution in [0.5, 0.6) is 0 Å². The van der Waals surface area contributed by atoms with Crippen molar-refractivity contribution >= 4 is 40.8 Å². The van der Waals surface area contributed by atoms with Crippen molar-refractivity contribution in [3.8, 4) is 0 Å². The lowest BCUT2D eigenvalue weighted by molar-refractivity contribution is -0.146. The highest BCUT2D eigenvalue weighted by molar-refractivity contribution is 6.35. The Morgan fingerprint density at radius 2 is 1.87 bits per heavy atom. The predicted molar refractivity (Wildman–Crippen MR) is 90.9 cm³/mol. The van der Waals surface area contributed by atoms with Gasteiger partial charge in [0, 0.05) is 5.02 Å². The molecule has 1 N–H and O–H groups in total. The maximum atomic E-state index is 11.8. The third kappa shape index (κ3) is 5.27. The number of ether oxygens (including phenoxy) is 1. The molecule has 23 heavy (non-hydrogen) atoms. The van der Waals surface area contributed by atoms with Gasteiger partial charge in [0.1, 0.15) is 0 Å². The van der Waals surface area contributed by atoms with Gasteiger partial charge in [-0.2, -0.15) is 0 Å². The summed E-state index contributed by atoms with van der Waals surface area (Å²) in [4.78, 5) is 23.6. The number of rotatable bonds is 5. The first kappa shape index (κ1) is 17.3. The van der Waals surface area contributed by atoms with Crippen LogP contribution in [0.1, 0.15) is 11.1 Å². The van der Waals surface area contributed by atoms with E-state index in [4.69, 9.17) is 27.9 Å². The molecule has 0 radical (unpaired) electrons. The van der Waals surface area contributed by atoms with E-state index < -0.39 is 11.9 Å². The molecule has 0 aliphatic carbocycles. The van der Waals surface area contributed by atoms with Crippen molar-refractivity contribution in [2.24, 2.45) is 0 Å². The molecule has 2 rings (SSSR count). The molecule has 2 aromatic rings. The fourth-order valence-electron chi connectivity index (χ4n) is 1.94. The quantitative estimate of drug-likeness (QED) is 0.827. The highest BCUT2D eigenvalue weighted by Crippen LogP contribution is 2.25. The number of hydrogen-bond acceptors (Lipinski definition) is 3. The molecule has 120 valence electrons. The highest BCUT2D eigenvalue weighted by Gasteiger charge is 2.11. The topological polar surface area (TPSA) is 55.4 Å². The van der Waals surface area contributed by atoms with Crippen molar-refractivity contribution in [2.75, 3.05) is 11.9 Å². The largest absolute Gasteiger partial charge is 0.455 e. The lowest BCUT2D eigenvalue weighted by atomic mass is 10.1. The molecule has 0 atom stereocenters. The van der Waals surface area contributed by atoms with Crippen molar-refractivity contribution in [3.05, 3.63) is 63.6 Å². The Labute approximate surface area is 144 Å². The summed E-state index contributed by atoms with van der Waals surface area (Å²) in [5, 5.41) is 3.35. The summed E-state index contributed by atoms with van der Waals surface area (Å²) >= 11 is 11.8. The molecule has 0 aliphatic heterocycles. The molecule has 2 aromatic carbocycles. The van der Waals surface area contributed by atoms with Gasteiger partial charge >= 0.3 is 5.97 Å². The summed E-state index contributed by atoms with van der Waals surface area (Å²) in [5.41, 5.74) is 2.24. The zero-order valence-electron chi connectivity index (χ0n) is 12.4. The molecule has 4 nitrogen and oxygen atoms in total. The second-order valence-electron chi connectivity index (χ2n) is 4.94. The number of anilines is 1. The molecular weight excluding hydrogens is 337 g/mol. The number of nitrogens with one attached hydrogen (secondary N) is 1. The maximum Gasteiger partial charge on any atom is 0.310 e. The molecule has 0 aliphatic rings. The molecule has 0 saturated heterocycles. The van der Waals surface area contributed by atoms with Crippen molar-refractivity contribution in [2.45, 2.75) is 13.3 Å². The average Bonchev–Trinajstić information content (AvgIpc) is 2.51. The van der Waals surface area contributed by atoms with Crippen molar-refractivity contribution in [1.82, 2.24) is 0 Å². The summed E-state index contributed by atoms with van der Waals surface area (Å²) in [5.74, 6) is -0.945. The van der Waals surface area contributed by atoms with Crippen LogP contribution in [0.4, 0.5) is 5.69 Å². The Hall–Kier alpha value is -2.04. The molecule has 0 fully saturated rings. The zero-order chi connectivity index (χ0) is 16.8. The number of carbonyl (C=O) groups excluding carboxylic acids is 2. The van der Waals surface area contributed by atoms with Gasteiger partial charge in [-0.25, -0.2) is 0 Å². The van der Waals surface area contributed by atoms with E-state index in [1.54, 1.807) is 12.1 Å². The summed E-state index contributed by atoms with van der Waals surface area (Å²) < 4.78 is 4.98. The minimum Gasteiger partial charge on any atom is -0.455 e. The number of hydrogen-bond donors (Lipinski definition) is 1. The van der Waals surface area contributed by atoms with Crippen LogP contribution in [0, 0.1) is 6.92 Å². The van der Waals surface area contributed by atoms with Crippen LogP contribution < -0.4 is 5.32 Å². The average molecular weight is 352 g/mol. The molecule has 6 heteroatoms. The van der Waals surface area contributed by atoms with Gasteiger partial charge < -0.3 is 10.1 Å². The number of halogens is 2. The molecule has 0 bridgehead atoms. The Balaban J connectivity index is 1.85. The second-order valence-corrected chi connectivity index (χ2v) is 5.78. The minimum absolute atomic E-state index is 0.123. The summed E-state index contributed by atoms with van der Waals surface area (Å²) in [6.45, 7) is 1.53. The van der Waals surface area contributed by atoms with Crippen molar-refractivity contribution in [3.63, 3.8) is 0 Å². The van der Waals surface area contributed by atoms with E-state index >= 15 is 0 Å². The highest BCUT2D eigenvalue weighted by atomic mass is 35.5. The van der Waals surface area contributed by atoms with Gasteiger partial charge in [-0.05, 0) is 36.2 Å². The molecule has 0 aromatic heterocycles. The third-order valence-electron chi connectivity index (χ3n) is 3.16. The van der Waals surface area contributed by atoms with Crippen molar-refractivity contribution in [1.29, 1.82) is 0 Å². The Morgan fingerprint density at radius 3 is 2.61 bits per heavy atom. The van der Waals surface area contributed by atoms with Gasteiger partial charge in [0.15, 0.2) is 6.61 Å². The van der Waals surface area contributed by atoms with E-state index in [1.165, 1.54) is 6.07 Å². The smallest absolute Gasteiger partial charge is 0.310 e. The van der Waals surface area contributed by atoms with Crippen LogP contribution in [0.3, 0.4) is 0 Å². The Morgan fingerprint density at radius 1 is 1.13 bits per heavy atom. The van der Waals surface area contributed by atoms with E-state index in [2.05, 4.69) is 5.32 Å². The van der Waals surface area contributed by atoms with Crippen LogP contribution in [-0.2, 0) is 20.7 Å². The molecular formula is C17H15Cl2NO3. The number of benzene rings is 2. The van der Waals surface area contributed by atoms with E-state index in [-0.39, 0.29) is 13.0 Å². The monoisotopic (exact) mass is 351 g/mol. The van der Waals surface area contributed by atoms with E-state index in [0.717, 1.165) is 11.1 Å². The first-order valence-electron chi connectivity index (χ1n) is 6.91. The third-order valence-corrected chi connectivity index (χ3v) is 3.73. The maximum absolute atomic E-state index is 11.8. The SMILES string of the molecule is Cc1ccccc1CC(=O)OCC(=O)Nc1cc(Cl)ccc1Cl. The van der Waals surface area contributed by atoms with Gasteiger partial charge in [-0.1, -0.05) is 47.5 Å². The van der Waals surface area contributed by atoms with Crippen LogP contribution in [-0.4, -0.2) is 18.5 Å². The summed E-state index contributed by atoms with van der Waals surface area (Å²) in [6.07, 6.45) is 0.123. The van der Waals surface area contributed by atoms with Crippen LogP contribution in [0.25, 0.3) is 0 Å². The lowest BCUT2D eigenvalue weighted by Gasteiger charge is -2.09. The van der Waals surface area contributed by atoms with Gasteiger partial charge in [0.05, 0.1) is 17.1 Å². The van der Waals surface area contributed by atoms with E-state index in [1.807, 2.05) is 31.2 Å².